The first-order valence-corrected chi connectivity index (χ1v) is 17.5. The van der Waals surface area contributed by atoms with Crippen LogP contribution in [0.5, 0.6) is 0 Å². The molecule has 2 heterocycles. The number of hydrogen-bond donors (Lipinski definition) is 4. The van der Waals surface area contributed by atoms with Crippen LogP contribution in [0.1, 0.15) is 61.9 Å². The summed E-state index contributed by atoms with van der Waals surface area (Å²) in [5, 5.41) is 29.1. The molecule has 15 heteroatoms. The molecule has 2 atom stereocenters. The Morgan fingerprint density at radius 1 is 0.820 bits per heavy atom. The topological polar surface area (TPSA) is 186 Å². The Labute approximate surface area is 295 Å². The number of aromatic nitrogens is 4. The lowest BCUT2D eigenvalue weighted by Gasteiger charge is -2.26. The minimum absolute atomic E-state index is 0.0658. The third-order valence-electron chi connectivity index (χ3n) is 7.86. The lowest BCUT2D eigenvalue weighted by molar-refractivity contribution is -0.116. The van der Waals surface area contributed by atoms with Gasteiger partial charge in [-0.15, -0.1) is 15.3 Å². The van der Waals surface area contributed by atoms with Crippen molar-refractivity contribution < 1.29 is 28.7 Å². The highest BCUT2D eigenvalue weighted by Gasteiger charge is 2.23. The molecule has 1 aromatic carbocycles. The fraction of sp³-hybridized carbons (Fsp3) is 0.429. The second-order valence-corrected chi connectivity index (χ2v) is 12.7. The summed E-state index contributed by atoms with van der Waals surface area (Å²) in [6.07, 6.45) is 8.47. The Kier molecular flexibility index (Phi) is 14.8. The van der Waals surface area contributed by atoms with Crippen LogP contribution in [0.2, 0.25) is 0 Å². The Morgan fingerprint density at radius 3 is 2.32 bits per heavy atom. The number of aryl methyl sites for hydroxylation is 2. The van der Waals surface area contributed by atoms with Crippen molar-refractivity contribution >= 4 is 46.3 Å². The van der Waals surface area contributed by atoms with E-state index in [1.165, 1.54) is 11.3 Å². The summed E-state index contributed by atoms with van der Waals surface area (Å²) >= 11 is 1.35. The molecule has 266 valence electrons. The van der Waals surface area contributed by atoms with E-state index in [2.05, 4.69) is 41.7 Å². The first kappa shape index (κ1) is 37.6. The van der Waals surface area contributed by atoms with E-state index in [1.807, 2.05) is 55.5 Å². The van der Waals surface area contributed by atoms with Crippen molar-refractivity contribution in [3.8, 4) is 0 Å². The maximum Gasteiger partial charge on any atom is 0.407 e. The Balaban J connectivity index is 1.13. The third-order valence-corrected chi connectivity index (χ3v) is 8.76. The number of amides is 4. The zero-order chi connectivity index (χ0) is 35.7. The number of carbonyl (C=O) groups is 4. The highest BCUT2D eigenvalue weighted by molar-refractivity contribution is 7.15. The fourth-order valence-electron chi connectivity index (χ4n) is 5.24. The van der Waals surface area contributed by atoms with Gasteiger partial charge in [0.25, 0.3) is 0 Å². The number of benzene rings is 1. The van der Waals surface area contributed by atoms with Crippen molar-refractivity contribution in [2.24, 2.45) is 11.8 Å². The number of allylic oxidation sites excluding steroid dienone is 2. The van der Waals surface area contributed by atoms with Crippen LogP contribution in [0.15, 0.2) is 60.2 Å². The van der Waals surface area contributed by atoms with Crippen LogP contribution in [0.25, 0.3) is 0 Å². The molecule has 2 unspecified atom stereocenters. The van der Waals surface area contributed by atoms with E-state index in [-0.39, 0.29) is 36.5 Å². The summed E-state index contributed by atoms with van der Waals surface area (Å²) in [5.41, 5.74) is 3.47. The van der Waals surface area contributed by atoms with Crippen molar-refractivity contribution in [3.63, 3.8) is 0 Å². The van der Waals surface area contributed by atoms with E-state index in [4.69, 9.17) is 9.47 Å². The molecular weight excluding hydrogens is 661 g/mol. The number of alkyl carbamates (subject to hydrolysis) is 2. The van der Waals surface area contributed by atoms with Gasteiger partial charge >= 0.3 is 12.2 Å². The molecule has 14 nitrogen and oxygen atoms in total. The highest BCUT2D eigenvalue weighted by atomic mass is 32.1. The Morgan fingerprint density at radius 2 is 1.56 bits per heavy atom. The van der Waals surface area contributed by atoms with E-state index in [0.29, 0.717) is 43.7 Å². The number of ether oxygens (including phenoxy) is 2. The second-order valence-electron chi connectivity index (χ2n) is 11.6. The van der Waals surface area contributed by atoms with Crippen LogP contribution in [-0.2, 0) is 44.9 Å². The molecule has 0 aliphatic heterocycles. The van der Waals surface area contributed by atoms with Crippen molar-refractivity contribution in [3.05, 3.63) is 82.0 Å². The first-order chi connectivity index (χ1) is 24.2. The SMILES string of the molecule is CCOC(=O)NCc1cccc(CC(=O)Nc2nnc(CCCCc3ccc(NC(=O)CC4=CC=CC(CNC(=O)OCC)C4C)nn3)s2)c1. The Bertz CT molecular complexity index is 1660. The van der Waals surface area contributed by atoms with E-state index < -0.39 is 12.2 Å². The van der Waals surface area contributed by atoms with Gasteiger partial charge in [-0.3, -0.25) is 9.59 Å². The molecule has 0 spiro atoms. The summed E-state index contributed by atoms with van der Waals surface area (Å²) in [4.78, 5) is 48.5. The average molecular weight is 705 g/mol. The molecule has 1 aliphatic carbocycles. The number of hydrogen-bond acceptors (Lipinski definition) is 11. The predicted octanol–water partition coefficient (Wildman–Crippen LogP) is 5.14. The minimum atomic E-state index is -0.482. The van der Waals surface area contributed by atoms with E-state index >= 15 is 0 Å². The third kappa shape index (κ3) is 12.7. The monoisotopic (exact) mass is 704 g/mol. The van der Waals surface area contributed by atoms with Crippen LogP contribution in [-0.4, -0.2) is 64.2 Å². The van der Waals surface area contributed by atoms with Gasteiger partial charge in [0, 0.05) is 31.8 Å². The minimum Gasteiger partial charge on any atom is -0.450 e. The number of unbranched alkanes of at least 4 members (excludes halogenated alkanes) is 1. The van der Waals surface area contributed by atoms with Crippen molar-refractivity contribution in [2.45, 2.75) is 65.8 Å². The zero-order valence-corrected chi connectivity index (χ0v) is 29.4. The molecule has 0 radical (unpaired) electrons. The van der Waals surface area contributed by atoms with Gasteiger partial charge in [0.15, 0.2) is 5.82 Å². The van der Waals surface area contributed by atoms with Crippen LogP contribution in [0.3, 0.4) is 0 Å². The van der Waals surface area contributed by atoms with Gasteiger partial charge in [0.1, 0.15) is 5.01 Å². The molecule has 0 bridgehead atoms. The van der Waals surface area contributed by atoms with Crippen molar-refractivity contribution in [1.29, 1.82) is 0 Å². The van der Waals surface area contributed by atoms with Crippen LogP contribution >= 0.6 is 11.3 Å². The fourth-order valence-corrected chi connectivity index (χ4v) is 6.04. The summed E-state index contributed by atoms with van der Waals surface area (Å²) in [6, 6.07) is 11.0. The molecule has 0 saturated carbocycles. The van der Waals surface area contributed by atoms with Gasteiger partial charge < -0.3 is 30.7 Å². The van der Waals surface area contributed by atoms with Gasteiger partial charge in [0.2, 0.25) is 16.9 Å². The normalized spacial score (nSPS) is 15.1. The van der Waals surface area contributed by atoms with Crippen LogP contribution in [0.4, 0.5) is 20.5 Å². The molecule has 2 aromatic heterocycles. The standard InChI is InChI=1S/C35H44N8O6S/c1-4-48-34(46)36-21-25-11-8-10-24(18-25)19-30(44)39-33-43-42-32(50-33)15-7-6-14-28-16-17-29(41-40-28)38-31(45)20-26-12-9-13-27(23(26)3)22-37-35(47)49-5-2/h8-13,16-18,23,27H,4-7,14-15,19-22H2,1-3H3,(H,36,46)(H,37,47)(H,38,41,45)(H,39,43,44). The number of rotatable bonds is 17. The average Bonchev–Trinajstić information content (AvgIpc) is 3.54. The lowest BCUT2D eigenvalue weighted by atomic mass is 9.82. The lowest BCUT2D eigenvalue weighted by Crippen LogP contribution is -2.33. The Hall–Kier alpha value is -5.18. The van der Waals surface area contributed by atoms with E-state index in [0.717, 1.165) is 46.7 Å². The molecule has 4 N–H and O–H groups in total. The maximum atomic E-state index is 12.7. The maximum absolute atomic E-state index is 12.7. The molecule has 50 heavy (non-hydrogen) atoms. The molecule has 1 aliphatic rings. The molecule has 0 saturated heterocycles. The quantitative estimate of drug-likeness (QED) is 0.137. The summed E-state index contributed by atoms with van der Waals surface area (Å²) in [5.74, 6) is 0.153. The molecule has 4 amide bonds. The van der Waals surface area contributed by atoms with Crippen LogP contribution < -0.4 is 21.3 Å². The van der Waals surface area contributed by atoms with Gasteiger partial charge in [-0.25, -0.2) is 9.59 Å². The summed E-state index contributed by atoms with van der Waals surface area (Å²) in [6.45, 7) is 6.89. The van der Waals surface area contributed by atoms with E-state index in [9.17, 15) is 19.2 Å². The second kappa shape index (κ2) is 19.7. The van der Waals surface area contributed by atoms with Gasteiger partial charge in [0.05, 0.1) is 25.3 Å². The van der Waals surface area contributed by atoms with E-state index in [1.54, 1.807) is 19.9 Å². The van der Waals surface area contributed by atoms with Crippen LogP contribution in [0, 0.1) is 11.8 Å². The molecule has 0 fully saturated rings. The number of carbonyl (C=O) groups excluding carboxylic acids is 4. The summed E-state index contributed by atoms with van der Waals surface area (Å²) in [7, 11) is 0. The number of nitrogens with one attached hydrogen (secondary N) is 4. The molecule has 4 rings (SSSR count). The van der Waals surface area contributed by atoms with Gasteiger partial charge in [-0.05, 0) is 62.3 Å². The smallest absolute Gasteiger partial charge is 0.407 e. The molecule has 3 aromatic rings. The number of anilines is 2. The van der Waals surface area contributed by atoms with Crippen molar-refractivity contribution in [1.82, 2.24) is 31.0 Å². The zero-order valence-electron chi connectivity index (χ0n) is 28.6. The highest BCUT2D eigenvalue weighted by Crippen LogP contribution is 2.28. The van der Waals surface area contributed by atoms with Crippen molar-refractivity contribution in [2.75, 3.05) is 30.4 Å². The van der Waals surface area contributed by atoms with Gasteiger partial charge in [-0.2, -0.15) is 5.10 Å². The summed E-state index contributed by atoms with van der Waals surface area (Å²) < 4.78 is 9.80. The van der Waals surface area contributed by atoms with Gasteiger partial charge in [-0.1, -0.05) is 66.3 Å². The largest absolute Gasteiger partial charge is 0.450 e. The predicted molar refractivity (Wildman–Crippen MR) is 189 cm³/mol. The first-order valence-electron chi connectivity index (χ1n) is 16.7. The molecular formula is C35H44N8O6S. The number of nitrogens with zero attached hydrogens (tertiary/aromatic N) is 4.